The Bertz CT molecular complexity index is 333. The van der Waals surface area contributed by atoms with Crippen LogP contribution in [0.4, 0.5) is 4.39 Å². The molecule has 0 aromatic heterocycles. The smallest absolute Gasteiger partial charge is 0.123 e. The lowest BCUT2D eigenvalue weighted by Gasteiger charge is -2.27. The molecule has 1 unspecified atom stereocenters. The van der Waals surface area contributed by atoms with Gasteiger partial charge in [0.1, 0.15) is 5.82 Å². The van der Waals surface area contributed by atoms with E-state index in [9.17, 15) is 4.39 Å². The Hall–Kier alpha value is -0.930. The van der Waals surface area contributed by atoms with Gasteiger partial charge in [0.15, 0.2) is 0 Å². The third-order valence-corrected chi connectivity index (χ3v) is 3.66. The minimum atomic E-state index is -0.208. The molecule has 1 atom stereocenters. The molecule has 0 radical (unpaired) electrons. The third-order valence-electron chi connectivity index (χ3n) is 3.66. The molecule has 2 nitrogen and oxygen atoms in total. The van der Waals surface area contributed by atoms with Crippen LogP contribution in [-0.2, 0) is 0 Å². The van der Waals surface area contributed by atoms with Crippen molar-refractivity contribution in [3.63, 3.8) is 0 Å². The van der Waals surface area contributed by atoms with E-state index in [0.717, 1.165) is 18.5 Å². The lowest BCUT2D eigenvalue weighted by atomic mass is 10.0. The van der Waals surface area contributed by atoms with Crippen LogP contribution < -0.4 is 5.73 Å². The number of hydrogen-bond donors (Lipinski definition) is 1. The highest BCUT2D eigenvalue weighted by atomic mass is 19.1. The first-order chi connectivity index (χ1) is 8.58. The van der Waals surface area contributed by atoms with Crippen molar-refractivity contribution < 1.29 is 4.39 Å². The first kappa shape index (κ1) is 15.1. The van der Waals surface area contributed by atoms with Gasteiger partial charge in [-0.3, -0.25) is 0 Å². The van der Waals surface area contributed by atoms with Crippen LogP contribution in [0.25, 0.3) is 0 Å². The Morgan fingerprint density at radius 1 is 1.17 bits per heavy atom. The van der Waals surface area contributed by atoms with Crippen LogP contribution in [0.2, 0.25) is 0 Å². The zero-order chi connectivity index (χ0) is 13.5. The van der Waals surface area contributed by atoms with E-state index < -0.39 is 0 Å². The van der Waals surface area contributed by atoms with Gasteiger partial charge in [-0.1, -0.05) is 26.0 Å². The standard InChI is InChI=1S/C15H25FN2/c1-4-14(5-2)18(3)11-10-15(17)12-6-8-13(16)9-7-12/h6-9,14-15H,4-5,10-11,17H2,1-3H3. The first-order valence-electron chi connectivity index (χ1n) is 6.79. The van der Waals surface area contributed by atoms with Gasteiger partial charge in [-0.25, -0.2) is 4.39 Å². The highest BCUT2D eigenvalue weighted by Gasteiger charge is 2.12. The van der Waals surface area contributed by atoms with E-state index >= 15 is 0 Å². The summed E-state index contributed by atoms with van der Waals surface area (Å²) in [7, 11) is 2.15. The van der Waals surface area contributed by atoms with Crippen LogP contribution in [0.1, 0.15) is 44.7 Å². The van der Waals surface area contributed by atoms with E-state index in [-0.39, 0.29) is 11.9 Å². The molecule has 0 aliphatic heterocycles. The molecular weight excluding hydrogens is 227 g/mol. The Morgan fingerprint density at radius 2 is 1.72 bits per heavy atom. The van der Waals surface area contributed by atoms with E-state index in [4.69, 9.17) is 5.73 Å². The molecule has 102 valence electrons. The summed E-state index contributed by atoms with van der Waals surface area (Å²) in [5, 5.41) is 0. The lowest BCUT2D eigenvalue weighted by Crippen LogP contribution is -2.33. The Balaban J connectivity index is 2.45. The summed E-state index contributed by atoms with van der Waals surface area (Å²) >= 11 is 0. The minimum absolute atomic E-state index is 0.0117. The molecule has 0 amide bonds. The number of rotatable bonds is 7. The molecule has 0 saturated heterocycles. The molecule has 1 rings (SSSR count). The maximum absolute atomic E-state index is 12.8. The average molecular weight is 252 g/mol. The van der Waals surface area contributed by atoms with Crippen LogP contribution in [0.3, 0.4) is 0 Å². The van der Waals surface area contributed by atoms with Gasteiger partial charge < -0.3 is 10.6 Å². The second-order valence-electron chi connectivity index (χ2n) is 4.90. The van der Waals surface area contributed by atoms with Crippen LogP contribution in [-0.4, -0.2) is 24.5 Å². The molecular formula is C15H25FN2. The fourth-order valence-corrected chi connectivity index (χ4v) is 2.31. The van der Waals surface area contributed by atoms with E-state index in [2.05, 4.69) is 25.8 Å². The first-order valence-corrected chi connectivity index (χ1v) is 6.79. The van der Waals surface area contributed by atoms with Crippen molar-refractivity contribution in [2.24, 2.45) is 5.73 Å². The summed E-state index contributed by atoms with van der Waals surface area (Å²) in [4.78, 5) is 2.36. The second kappa shape index (κ2) is 7.49. The summed E-state index contributed by atoms with van der Waals surface area (Å²) in [5.74, 6) is -0.208. The van der Waals surface area contributed by atoms with Crippen LogP contribution >= 0.6 is 0 Å². The molecule has 0 heterocycles. The number of nitrogens with two attached hydrogens (primary N) is 1. The van der Waals surface area contributed by atoms with Gasteiger partial charge in [0, 0.05) is 12.1 Å². The molecule has 0 saturated carbocycles. The molecule has 0 aliphatic rings. The van der Waals surface area contributed by atoms with Gasteiger partial charge in [-0.2, -0.15) is 0 Å². The van der Waals surface area contributed by atoms with Crippen molar-refractivity contribution in [2.45, 2.75) is 45.2 Å². The predicted octanol–water partition coefficient (Wildman–Crippen LogP) is 3.34. The normalized spacial score (nSPS) is 13.3. The minimum Gasteiger partial charge on any atom is -0.324 e. The lowest BCUT2D eigenvalue weighted by molar-refractivity contribution is 0.222. The van der Waals surface area contributed by atoms with Gasteiger partial charge in [0.05, 0.1) is 0 Å². The maximum Gasteiger partial charge on any atom is 0.123 e. The molecule has 0 spiro atoms. The topological polar surface area (TPSA) is 29.3 Å². The SMILES string of the molecule is CCC(CC)N(C)CCC(N)c1ccc(F)cc1. The number of benzene rings is 1. The number of hydrogen-bond acceptors (Lipinski definition) is 2. The Labute approximate surface area is 110 Å². The largest absolute Gasteiger partial charge is 0.324 e. The highest BCUT2D eigenvalue weighted by Crippen LogP contribution is 2.16. The summed E-state index contributed by atoms with van der Waals surface area (Å²) in [6, 6.07) is 7.11. The van der Waals surface area contributed by atoms with Crippen molar-refractivity contribution in [1.82, 2.24) is 4.90 Å². The van der Waals surface area contributed by atoms with Crippen molar-refractivity contribution in [2.75, 3.05) is 13.6 Å². The van der Waals surface area contributed by atoms with E-state index in [1.165, 1.54) is 25.0 Å². The Morgan fingerprint density at radius 3 is 2.22 bits per heavy atom. The molecule has 18 heavy (non-hydrogen) atoms. The van der Waals surface area contributed by atoms with E-state index in [1.54, 1.807) is 12.1 Å². The monoisotopic (exact) mass is 252 g/mol. The van der Waals surface area contributed by atoms with Gasteiger partial charge in [-0.15, -0.1) is 0 Å². The van der Waals surface area contributed by atoms with Crippen LogP contribution in [0, 0.1) is 5.82 Å². The van der Waals surface area contributed by atoms with E-state index in [0.29, 0.717) is 6.04 Å². The van der Waals surface area contributed by atoms with Crippen LogP contribution in [0.15, 0.2) is 24.3 Å². The van der Waals surface area contributed by atoms with Gasteiger partial charge in [0.25, 0.3) is 0 Å². The predicted molar refractivity (Wildman–Crippen MR) is 74.9 cm³/mol. The van der Waals surface area contributed by atoms with Crippen LogP contribution in [0.5, 0.6) is 0 Å². The Kier molecular flexibility index (Phi) is 6.30. The molecule has 0 aliphatic carbocycles. The highest BCUT2D eigenvalue weighted by molar-refractivity contribution is 5.19. The molecule has 0 bridgehead atoms. The average Bonchev–Trinajstić information content (AvgIpc) is 2.38. The third kappa shape index (κ3) is 4.39. The summed E-state index contributed by atoms with van der Waals surface area (Å²) < 4.78 is 12.8. The van der Waals surface area contributed by atoms with Gasteiger partial charge in [-0.05, 0) is 50.6 Å². The summed E-state index contributed by atoms with van der Waals surface area (Å²) in [6.45, 7) is 5.40. The number of halogens is 1. The van der Waals surface area contributed by atoms with Crippen molar-refractivity contribution in [3.05, 3.63) is 35.6 Å². The zero-order valence-electron chi connectivity index (χ0n) is 11.7. The van der Waals surface area contributed by atoms with Gasteiger partial charge >= 0.3 is 0 Å². The van der Waals surface area contributed by atoms with Gasteiger partial charge in [0.2, 0.25) is 0 Å². The molecule has 1 aromatic rings. The summed E-state index contributed by atoms with van der Waals surface area (Å²) in [5.41, 5.74) is 7.14. The molecule has 1 aromatic carbocycles. The quantitative estimate of drug-likeness (QED) is 0.806. The molecule has 0 fully saturated rings. The van der Waals surface area contributed by atoms with E-state index in [1.807, 2.05) is 0 Å². The fraction of sp³-hybridized carbons (Fsp3) is 0.600. The van der Waals surface area contributed by atoms with Crippen molar-refractivity contribution in [1.29, 1.82) is 0 Å². The maximum atomic E-state index is 12.8. The summed E-state index contributed by atoms with van der Waals surface area (Å²) in [6.07, 6.45) is 3.23. The molecule has 2 N–H and O–H groups in total. The van der Waals surface area contributed by atoms with Crippen molar-refractivity contribution >= 4 is 0 Å². The molecule has 3 heteroatoms. The zero-order valence-corrected chi connectivity index (χ0v) is 11.7. The number of nitrogens with zero attached hydrogens (tertiary/aromatic N) is 1. The fourth-order valence-electron chi connectivity index (χ4n) is 2.31. The second-order valence-corrected chi connectivity index (χ2v) is 4.90. The van der Waals surface area contributed by atoms with Crippen molar-refractivity contribution in [3.8, 4) is 0 Å².